The van der Waals surface area contributed by atoms with Crippen molar-refractivity contribution in [3.63, 3.8) is 0 Å². The van der Waals surface area contributed by atoms with E-state index in [1.807, 2.05) is 5.32 Å². The smallest absolute Gasteiger partial charge is 0.339 e. The van der Waals surface area contributed by atoms with Crippen molar-refractivity contribution in [2.24, 2.45) is 0 Å². The topological polar surface area (TPSA) is 116 Å². The van der Waals surface area contributed by atoms with Crippen LogP contribution in [0.3, 0.4) is 0 Å². The number of amides is 3. The van der Waals surface area contributed by atoms with Gasteiger partial charge < -0.3 is 19.5 Å². The SMILES string of the molecule is CNC(=O)NC(=O)COC(=O)c1cc(-c2ccc(OC)c(OC)c2)nc2ccccc12. The molecule has 0 unspecified atom stereocenters. The maximum atomic E-state index is 12.8. The van der Waals surface area contributed by atoms with Crippen molar-refractivity contribution in [3.05, 3.63) is 54.1 Å². The highest BCUT2D eigenvalue weighted by Crippen LogP contribution is 2.33. The quantitative estimate of drug-likeness (QED) is 0.585. The number of nitrogens with zero attached hydrogens (tertiary/aromatic N) is 1. The van der Waals surface area contributed by atoms with E-state index in [-0.39, 0.29) is 5.56 Å². The van der Waals surface area contributed by atoms with Gasteiger partial charge in [0.1, 0.15) is 0 Å². The first-order valence-corrected chi connectivity index (χ1v) is 9.27. The van der Waals surface area contributed by atoms with Crippen molar-refractivity contribution in [1.29, 1.82) is 0 Å². The lowest BCUT2D eigenvalue weighted by Crippen LogP contribution is -2.39. The molecule has 9 heteroatoms. The number of aromatic nitrogens is 1. The van der Waals surface area contributed by atoms with Crippen LogP contribution in [0.25, 0.3) is 22.2 Å². The first-order chi connectivity index (χ1) is 15.0. The second-order valence-corrected chi connectivity index (χ2v) is 6.35. The molecule has 160 valence electrons. The molecular weight excluding hydrogens is 402 g/mol. The number of urea groups is 1. The van der Waals surface area contributed by atoms with Gasteiger partial charge in [-0.15, -0.1) is 0 Å². The maximum Gasteiger partial charge on any atom is 0.339 e. The summed E-state index contributed by atoms with van der Waals surface area (Å²) in [6, 6.07) is 13.3. The number of carbonyl (C=O) groups is 3. The van der Waals surface area contributed by atoms with E-state index in [9.17, 15) is 14.4 Å². The molecule has 3 aromatic rings. The number of para-hydroxylation sites is 1. The average Bonchev–Trinajstić information content (AvgIpc) is 2.81. The Morgan fingerprint density at radius 2 is 1.71 bits per heavy atom. The number of hydrogen-bond donors (Lipinski definition) is 2. The van der Waals surface area contributed by atoms with Gasteiger partial charge in [-0.3, -0.25) is 10.1 Å². The number of esters is 1. The number of ether oxygens (including phenoxy) is 3. The highest BCUT2D eigenvalue weighted by molar-refractivity contribution is 6.05. The van der Waals surface area contributed by atoms with Crippen LogP contribution >= 0.6 is 0 Å². The van der Waals surface area contributed by atoms with Gasteiger partial charge in [-0.2, -0.15) is 0 Å². The number of methoxy groups -OCH3 is 2. The third-order valence-corrected chi connectivity index (χ3v) is 4.43. The molecule has 3 amide bonds. The number of hydrogen-bond acceptors (Lipinski definition) is 7. The van der Waals surface area contributed by atoms with E-state index in [1.165, 1.54) is 14.2 Å². The molecule has 31 heavy (non-hydrogen) atoms. The summed E-state index contributed by atoms with van der Waals surface area (Å²) in [4.78, 5) is 40.3. The Bertz CT molecular complexity index is 1150. The molecule has 1 heterocycles. The van der Waals surface area contributed by atoms with Crippen molar-refractivity contribution in [3.8, 4) is 22.8 Å². The van der Waals surface area contributed by atoms with Gasteiger partial charge in [-0.05, 0) is 30.3 Å². The lowest BCUT2D eigenvalue weighted by molar-refractivity contribution is -0.123. The molecule has 0 aliphatic heterocycles. The first kappa shape index (κ1) is 21.6. The summed E-state index contributed by atoms with van der Waals surface area (Å²) >= 11 is 0. The third kappa shape index (κ3) is 4.89. The van der Waals surface area contributed by atoms with E-state index in [0.29, 0.717) is 33.7 Å². The summed E-state index contributed by atoms with van der Waals surface area (Å²) in [5, 5.41) is 4.85. The summed E-state index contributed by atoms with van der Waals surface area (Å²) in [5.41, 5.74) is 2.04. The summed E-state index contributed by atoms with van der Waals surface area (Å²) < 4.78 is 15.7. The molecule has 2 aromatic carbocycles. The molecule has 0 radical (unpaired) electrons. The van der Waals surface area contributed by atoms with Crippen LogP contribution in [0, 0.1) is 0 Å². The Morgan fingerprint density at radius 1 is 0.968 bits per heavy atom. The predicted molar refractivity (Wildman–Crippen MR) is 113 cm³/mol. The van der Waals surface area contributed by atoms with Crippen LogP contribution in [0.15, 0.2) is 48.5 Å². The van der Waals surface area contributed by atoms with E-state index in [0.717, 1.165) is 0 Å². The number of rotatable bonds is 6. The number of pyridine rings is 1. The van der Waals surface area contributed by atoms with Gasteiger partial charge in [0.05, 0.1) is 31.0 Å². The minimum absolute atomic E-state index is 0.239. The number of nitrogens with one attached hydrogen (secondary N) is 2. The normalized spacial score (nSPS) is 10.3. The Labute approximate surface area is 178 Å². The Balaban J connectivity index is 1.95. The van der Waals surface area contributed by atoms with Crippen molar-refractivity contribution in [2.75, 3.05) is 27.9 Å². The second-order valence-electron chi connectivity index (χ2n) is 6.35. The first-order valence-electron chi connectivity index (χ1n) is 9.27. The van der Waals surface area contributed by atoms with Crippen LogP contribution in [0.1, 0.15) is 10.4 Å². The number of fused-ring (bicyclic) bond motifs is 1. The fourth-order valence-electron chi connectivity index (χ4n) is 2.92. The largest absolute Gasteiger partial charge is 0.493 e. The van der Waals surface area contributed by atoms with E-state index >= 15 is 0 Å². The van der Waals surface area contributed by atoms with Gasteiger partial charge in [0.25, 0.3) is 5.91 Å². The fraction of sp³-hybridized carbons (Fsp3) is 0.182. The molecule has 0 aliphatic carbocycles. The van der Waals surface area contributed by atoms with Crippen LogP contribution in [0.4, 0.5) is 4.79 Å². The summed E-state index contributed by atoms with van der Waals surface area (Å²) in [6.07, 6.45) is 0. The fourth-order valence-corrected chi connectivity index (χ4v) is 2.92. The molecule has 0 fully saturated rings. The van der Waals surface area contributed by atoms with Crippen molar-refractivity contribution in [1.82, 2.24) is 15.6 Å². The highest BCUT2D eigenvalue weighted by Gasteiger charge is 2.18. The zero-order valence-corrected chi connectivity index (χ0v) is 17.2. The summed E-state index contributed by atoms with van der Waals surface area (Å²) in [7, 11) is 4.44. The van der Waals surface area contributed by atoms with E-state index < -0.39 is 24.5 Å². The molecule has 0 bridgehead atoms. The van der Waals surface area contributed by atoms with E-state index in [1.54, 1.807) is 55.6 Å². The zero-order valence-electron chi connectivity index (χ0n) is 17.2. The summed E-state index contributed by atoms with van der Waals surface area (Å²) in [6.45, 7) is -0.603. The van der Waals surface area contributed by atoms with Gasteiger partial charge in [0.2, 0.25) is 0 Å². The average molecular weight is 423 g/mol. The van der Waals surface area contributed by atoms with Crippen LogP contribution in [0.5, 0.6) is 11.5 Å². The van der Waals surface area contributed by atoms with Gasteiger partial charge in [-0.1, -0.05) is 18.2 Å². The van der Waals surface area contributed by atoms with Gasteiger partial charge in [0, 0.05) is 18.0 Å². The van der Waals surface area contributed by atoms with Crippen molar-refractivity contribution >= 4 is 28.8 Å². The molecule has 0 spiro atoms. The van der Waals surface area contributed by atoms with Gasteiger partial charge >= 0.3 is 12.0 Å². The van der Waals surface area contributed by atoms with Gasteiger partial charge in [-0.25, -0.2) is 14.6 Å². The minimum atomic E-state index is -0.744. The minimum Gasteiger partial charge on any atom is -0.493 e. The summed E-state index contributed by atoms with van der Waals surface area (Å²) in [5.74, 6) is -0.377. The molecule has 0 saturated carbocycles. The van der Waals surface area contributed by atoms with Crippen LogP contribution < -0.4 is 20.1 Å². The molecule has 3 rings (SSSR count). The monoisotopic (exact) mass is 423 g/mol. The molecule has 9 nitrogen and oxygen atoms in total. The van der Waals surface area contributed by atoms with Crippen molar-refractivity contribution in [2.45, 2.75) is 0 Å². The Hall–Kier alpha value is -4.14. The molecule has 0 saturated heterocycles. The van der Waals surface area contributed by atoms with Crippen LogP contribution in [-0.2, 0) is 9.53 Å². The lowest BCUT2D eigenvalue weighted by atomic mass is 10.0. The van der Waals surface area contributed by atoms with Crippen LogP contribution in [-0.4, -0.2) is 50.8 Å². The zero-order chi connectivity index (χ0) is 22.4. The predicted octanol–water partition coefficient (Wildman–Crippen LogP) is 2.53. The van der Waals surface area contributed by atoms with Crippen LogP contribution in [0.2, 0.25) is 0 Å². The van der Waals surface area contributed by atoms with E-state index in [4.69, 9.17) is 14.2 Å². The molecule has 1 aromatic heterocycles. The molecule has 0 atom stereocenters. The Morgan fingerprint density at radius 3 is 2.42 bits per heavy atom. The molecule has 2 N–H and O–H groups in total. The Kier molecular flexibility index (Phi) is 6.66. The number of benzene rings is 2. The highest BCUT2D eigenvalue weighted by atomic mass is 16.5. The standard InChI is InChI=1S/C22H21N3O6/c1-23-22(28)25-20(26)12-31-21(27)15-11-17(24-16-7-5-4-6-14(15)16)13-8-9-18(29-2)19(10-13)30-3/h4-11H,12H2,1-3H3,(H2,23,25,26,28). The lowest BCUT2D eigenvalue weighted by Gasteiger charge is -2.12. The number of carbonyl (C=O) groups excluding carboxylic acids is 3. The maximum absolute atomic E-state index is 12.8. The van der Waals surface area contributed by atoms with Crippen molar-refractivity contribution < 1.29 is 28.6 Å². The van der Waals surface area contributed by atoms with E-state index in [2.05, 4.69) is 10.3 Å². The third-order valence-electron chi connectivity index (χ3n) is 4.43. The second kappa shape index (κ2) is 9.57. The molecule has 0 aliphatic rings. The number of imide groups is 1. The molecular formula is C22H21N3O6. The van der Waals surface area contributed by atoms with Gasteiger partial charge in [0.15, 0.2) is 18.1 Å².